The van der Waals surface area contributed by atoms with Crippen LogP contribution in [0.25, 0.3) is 0 Å². The SMILES string of the molecule is C=C(C)COc1cc(Cl)ccc1C(N)=O. The number of hydrogen-bond donors (Lipinski definition) is 1. The smallest absolute Gasteiger partial charge is 0.252 e. The first-order valence-electron chi connectivity index (χ1n) is 4.37. The number of ether oxygens (including phenoxy) is 1. The molecule has 0 spiro atoms. The van der Waals surface area contributed by atoms with E-state index in [-0.39, 0.29) is 0 Å². The minimum atomic E-state index is -0.539. The lowest BCUT2D eigenvalue weighted by Gasteiger charge is -2.09. The van der Waals surface area contributed by atoms with Gasteiger partial charge < -0.3 is 10.5 Å². The highest BCUT2D eigenvalue weighted by atomic mass is 35.5. The van der Waals surface area contributed by atoms with Gasteiger partial charge in [0.2, 0.25) is 0 Å². The summed E-state index contributed by atoms with van der Waals surface area (Å²) in [5, 5.41) is 0.497. The van der Waals surface area contributed by atoms with E-state index < -0.39 is 5.91 Å². The molecule has 15 heavy (non-hydrogen) atoms. The first kappa shape index (κ1) is 11.6. The van der Waals surface area contributed by atoms with Crippen LogP contribution in [-0.2, 0) is 0 Å². The fraction of sp³-hybridized carbons (Fsp3) is 0.182. The zero-order valence-electron chi connectivity index (χ0n) is 8.42. The molecule has 0 radical (unpaired) electrons. The van der Waals surface area contributed by atoms with E-state index in [0.29, 0.717) is 22.9 Å². The topological polar surface area (TPSA) is 52.3 Å². The van der Waals surface area contributed by atoms with Gasteiger partial charge in [0.05, 0.1) is 5.56 Å². The molecule has 0 aliphatic carbocycles. The van der Waals surface area contributed by atoms with Crippen molar-refractivity contribution in [2.75, 3.05) is 6.61 Å². The third-order valence-corrected chi connectivity index (χ3v) is 1.92. The summed E-state index contributed by atoms with van der Waals surface area (Å²) < 4.78 is 5.36. The van der Waals surface area contributed by atoms with Crippen LogP contribution in [0.4, 0.5) is 0 Å². The number of halogens is 1. The second-order valence-corrected chi connectivity index (χ2v) is 3.69. The highest BCUT2D eigenvalue weighted by molar-refractivity contribution is 6.30. The maximum absolute atomic E-state index is 11.1. The second-order valence-electron chi connectivity index (χ2n) is 3.25. The van der Waals surface area contributed by atoms with Gasteiger partial charge in [-0.25, -0.2) is 0 Å². The molecule has 2 N–H and O–H groups in total. The largest absolute Gasteiger partial charge is 0.488 e. The van der Waals surface area contributed by atoms with Gasteiger partial charge in [0.25, 0.3) is 5.91 Å². The van der Waals surface area contributed by atoms with Gasteiger partial charge in [0.15, 0.2) is 0 Å². The number of rotatable bonds is 4. The summed E-state index contributed by atoms with van der Waals surface area (Å²) in [6.07, 6.45) is 0. The van der Waals surface area contributed by atoms with Crippen molar-refractivity contribution >= 4 is 17.5 Å². The van der Waals surface area contributed by atoms with E-state index in [4.69, 9.17) is 22.1 Å². The quantitative estimate of drug-likeness (QED) is 0.800. The normalized spacial score (nSPS) is 9.73. The van der Waals surface area contributed by atoms with Crippen LogP contribution >= 0.6 is 11.6 Å². The third-order valence-electron chi connectivity index (χ3n) is 1.68. The summed E-state index contributed by atoms with van der Waals surface area (Å²) >= 11 is 5.78. The minimum absolute atomic E-state index is 0.320. The Morgan fingerprint density at radius 1 is 1.60 bits per heavy atom. The molecule has 0 aromatic heterocycles. The van der Waals surface area contributed by atoms with Crippen molar-refractivity contribution in [2.24, 2.45) is 5.73 Å². The molecule has 3 nitrogen and oxygen atoms in total. The van der Waals surface area contributed by atoms with Gasteiger partial charge in [0, 0.05) is 5.02 Å². The Labute approximate surface area is 93.5 Å². The monoisotopic (exact) mass is 225 g/mol. The van der Waals surface area contributed by atoms with E-state index in [1.165, 1.54) is 0 Å². The van der Waals surface area contributed by atoms with Crippen LogP contribution in [-0.4, -0.2) is 12.5 Å². The molecule has 0 heterocycles. The van der Waals surface area contributed by atoms with Crippen LogP contribution in [0.1, 0.15) is 17.3 Å². The highest BCUT2D eigenvalue weighted by Gasteiger charge is 2.09. The molecule has 0 unspecified atom stereocenters. The molecule has 0 bridgehead atoms. The third kappa shape index (κ3) is 3.29. The maximum Gasteiger partial charge on any atom is 0.252 e. The summed E-state index contributed by atoms with van der Waals surface area (Å²) in [4.78, 5) is 11.1. The van der Waals surface area contributed by atoms with Gasteiger partial charge in [-0.3, -0.25) is 4.79 Å². The van der Waals surface area contributed by atoms with Crippen molar-refractivity contribution in [1.82, 2.24) is 0 Å². The molecule has 1 aromatic rings. The maximum atomic E-state index is 11.1. The standard InChI is InChI=1S/C11H12ClNO2/c1-7(2)6-15-10-5-8(12)3-4-9(10)11(13)14/h3-5H,1,6H2,2H3,(H2,13,14). The molecule has 0 atom stereocenters. The lowest BCUT2D eigenvalue weighted by molar-refractivity contribution is 0.0997. The van der Waals surface area contributed by atoms with Crippen molar-refractivity contribution in [2.45, 2.75) is 6.92 Å². The first-order chi connectivity index (χ1) is 7.00. The molecule has 1 rings (SSSR count). The summed E-state index contributed by atoms with van der Waals surface area (Å²) in [5.74, 6) is -0.151. The fourth-order valence-corrected chi connectivity index (χ4v) is 1.18. The van der Waals surface area contributed by atoms with Crippen LogP contribution in [0.5, 0.6) is 5.75 Å². The predicted octanol–water partition coefficient (Wildman–Crippen LogP) is 2.39. The van der Waals surface area contributed by atoms with Crippen LogP contribution in [0.15, 0.2) is 30.4 Å². The number of hydrogen-bond acceptors (Lipinski definition) is 2. The molecule has 1 aromatic carbocycles. The predicted molar refractivity (Wildman–Crippen MR) is 60.3 cm³/mol. The molecule has 0 aliphatic rings. The summed E-state index contributed by atoms with van der Waals surface area (Å²) in [7, 11) is 0. The number of carbonyl (C=O) groups excluding carboxylic acids is 1. The van der Waals surface area contributed by atoms with E-state index in [1.807, 2.05) is 6.92 Å². The number of amides is 1. The second kappa shape index (κ2) is 4.84. The Hall–Kier alpha value is -1.48. The molecule has 80 valence electrons. The Morgan fingerprint density at radius 3 is 2.80 bits per heavy atom. The Balaban J connectivity index is 2.96. The zero-order chi connectivity index (χ0) is 11.4. The average molecular weight is 226 g/mol. The van der Waals surface area contributed by atoms with Crippen molar-refractivity contribution in [3.8, 4) is 5.75 Å². The van der Waals surface area contributed by atoms with E-state index in [1.54, 1.807) is 18.2 Å². The number of nitrogens with two attached hydrogens (primary N) is 1. The molecule has 4 heteroatoms. The molecule has 1 amide bonds. The summed E-state index contributed by atoms with van der Waals surface area (Å²) in [6, 6.07) is 4.69. The van der Waals surface area contributed by atoms with E-state index >= 15 is 0 Å². The zero-order valence-corrected chi connectivity index (χ0v) is 9.17. The molecule has 0 saturated carbocycles. The lowest BCUT2D eigenvalue weighted by atomic mass is 10.2. The van der Waals surface area contributed by atoms with Crippen molar-refractivity contribution in [1.29, 1.82) is 0 Å². The van der Waals surface area contributed by atoms with Crippen molar-refractivity contribution < 1.29 is 9.53 Å². The average Bonchev–Trinajstić information content (AvgIpc) is 2.14. The van der Waals surface area contributed by atoms with Gasteiger partial charge in [-0.15, -0.1) is 0 Å². The minimum Gasteiger partial charge on any atom is -0.488 e. The molecular formula is C11H12ClNO2. The summed E-state index contributed by atoms with van der Waals surface area (Å²) in [6.45, 7) is 5.85. The van der Waals surface area contributed by atoms with Crippen molar-refractivity contribution in [3.63, 3.8) is 0 Å². The number of carbonyl (C=O) groups is 1. The van der Waals surface area contributed by atoms with Crippen molar-refractivity contribution in [3.05, 3.63) is 40.9 Å². The van der Waals surface area contributed by atoms with Gasteiger partial charge in [-0.2, -0.15) is 0 Å². The van der Waals surface area contributed by atoms with Gasteiger partial charge >= 0.3 is 0 Å². The fourth-order valence-electron chi connectivity index (χ4n) is 1.02. The molecule has 0 aliphatic heterocycles. The van der Waals surface area contributed by atoms with Gasteiger partial charge in [-0.05, 0) is 30.7 Å². The van der Waals surface area contributed by atoms with Gasteiger partial charge in [-0.1, -0.05) is 18.2 Å². The van der Waals surface area contributed by atoms with Crippen LogP contribution in [0.3, 0.4) is 0 Å². The Morgan fingerprint density at radius 2 is 2.27 bits per heavy atom. The van der Waals surface area contributed by atoms with E-state index in [2.05, 4.69) is 6.58 Å². The van der Waals surface area contributed by atoms with Crippen LogP contribution in [0, 0.1) is 0 Å². The van der Waals surface area contributed by atoms with Crippen LogP contribution in [0.2, 0.25) is 5.02 Å². The highest BCUT2D eigenvalue weighted by Crippen LogP contribution is 2.23. The molecule has 0 fully saturated rings. The summed E-state index contributed by atoms with van der Waals surface area (Å²) in [5.41, 5.74) is 6.36. The van der Waals surface area contributed by atoms with Crippen LogP contribution < -0.4 is 10.5 Å². The molecule has 0 saturated heterocycles. The number of primary amides is 1. The number of benzene rings is 1. The lowest BCUT2D eigenvalue weighted by Crippen LogP contribution is -2.13. The Bertz CT molecular complexity index is 402. The Kier molecular flexibility index (Phi) is 3.74. The van der Waals surface area contributed by atoms with E-state index in [0.717, 1.165) is 5.57 Å². The molecular weight excluding hydrogens is 214 g/mol. The van der Waals surface area contributed by atoms with Gasteiger partial charge in [0.1, 0.15) is 12.4 Å². The first-order valence-corrected chi connectivity index (χ1v) is 4.75. The van der Waals surface area contributed by atoms with E-state index in [9.17, 15) is 4.79 Å².